The van der Waals surface area contributed by atoms with E-state index in [-0.39, 0.29) is 25.9 Å². The minimum absolute atomic E-state index is 0.0213. The second kappa shape index (κ2) is 20.7. The zero-order valence-electron chi connectivity index (χ0n) is 17.3. The normalized spacial score (nSPS) is 10.9. The van der Waals surface area contributed by atoms with Crippen LogP contribution in [-0.4, -0.2) is 75.4 Å². The van der Waals surface area contributed by atoms with Crippen molar-refractivity contribution in [2.45, 2.75) is 31.3 Å². The van der Waals surface area contributed by atoms with Crippen molar-refractivity contribution < 1.29 is 44.4 Å². The Morgan fingerprint density at radius 3 is 1.41 bits per heavy atom. The van der Waals surface area contributed by atoms with Crippen molar-refractivity contribution in [2.75, 3.05) is 13.1 Å². The Morgan fingerprint density at radius 1 is 0.750 bits per heavy atom. The SMILES string of the molecule is NC(=O)CCC(N)C(=O)O.NC(Cc1ccccc1)C(=O)O.NCC(=O)O.NCC(=O)O. The Hall–Kier alpha value is -3.59. The second-order valence-corrected chi connectivity index (χ2v) is 5.78. The number of carbonyl (C=O) groups excluding carboxylic acids is 1. The van der Waals surface area contributed by atoms with Crippen molar-refractivity contribution in [1.82, 2.24) is 0 Å². The van der Waals surface area contributed by atoms with Crippen LogP contribution >= 0.6 is 0 Å². The van der Waals surface area contributed by atoms with Crippen LogP contribution in [0.4, 0.5) is 0 Å². The number of hydrogen-bond acceptors (Lipinski definition) is 9. The molecule has 0 saturated heterocycles. The van der Waals surface area contributed by atoms with Crippen molar-refractivity contribution in [3.05, 3.63) is 35.9 Å². The molecule has 1 aromatic carbocycles. The van der Waals surface area contributed by atoms with Gasteiger partial charge in [-0.3, -0.25) is 24.0 Å². The number of carboxylic acids is 4. The van der Waals surface area contributed by atoms with Crippen molar-refractivity contribution in [3.8, 4) is 0 Å². The van der Waals surface area contributed by atoms with Gasteiger partial charge < -0.3 is 49.1 Å². The number of rotatable bonds is 9. The number of aliphatic carboxylic acids is 4. The molecule has 0 aromatic heterocycles. The van der Waals surface area contributed by atoms with Crippen LogP contribution < -0.4 is 28.7 Å². The molecule has 0 aliphatic heterocycles. The predicted octanol–water partition coefficient (Wildman–Crippen LogP) is -2.64. The molecule has 0 aliphatic carbocycles. The maximum atomic E-state index is 10.4. The first-order valence-corrected chi connectivity index (χ1v) is 8.91. The molecule has 0 radical (unpaired) electrons. The Labute approximate surface area is 184 Å². The van der Waals surface area contributed by atoms with E-state index in [9.17, 15) is 24.0 Å². The molecule has 32 heavy (non-hydrogen) atoms. The van der Waals surface area contributed by atoms with Crippen molar-refractivity contribution in [1.29, 1.82) is 0 Å². The van der Waals surface area contributed by atoms with Crippen LogP contribution in [0.3, 0.4) is 0 Å². The minimum Gasteiger partial charge on any atom is -0.480 e. The van der Waals surface area contributed by atoms with Gasteiger partial charge in [0.15, 0.2) is 0 Å². The predicted molar refractivity (Wildman–Crippen MR) is 113 cm³/mol. The Morgan fingerprint density at radius 2 is 1.12 bits per heavy atom. The number of benzene rings is 1. The molecule has 0 saturated carbocycles. The van der Waals surface area contributed by atoms with Crippen molar-refractivity contribution >= 4 is 29.8 Å². The number of primary amides is 1. The van der Waals surface area contributed by atoms with Crippen LogP contribution in [-0.2, 0) is 30.4 Å². The molecule has 14 nitrogen and oxygen atoms in total. The number of hydrogen-bond donors (Lipinski definition) is 9. The molecule has 0 heterocycles. The lowest BCUT2D eigenvalue weighted by atomic mass is 10.1. The van der Waals surface area contributed by atoms with Gasteiger partial charge in [-0.15, -0.1) is 0 Å². The summed E-state index contributed by atoms with van der Waals surface area (Å²) in [7, 11) is 0. The molecule has 1 aromatic rings. The molecule has 0 bridgehead atoms. The van der Waals surface area contributed by atoms with E-state index >= 15 is 0 Å². The van der Waals surface area contributed by atoms with Gasteiger partial charge in [-0.1, -0.05) is 30.3 Å². The largest absolute Gasteiger partial charge is 0.480 e. The maximum absolute atomic E-state index is 10.4. The van der Waals surface area contributed by atoms with Gasteiger partial charge in [0, 0.05) is 6.42 Å². The zero-order valence-corrected chi connectivity index (χ0v) is 17.3. The van der Waals surface area contributed by atoms with Crippen molar-refractivity contribution in [3.63, 3.8) is 0 Å². The standard InChI is InChI=1S/C9H11NO2.C5H10N2O3.2C2H5NO2/c10-8(9(11)12)6-7-4-2-1-3-5-7;6-3(5(9)10)1-2-4(7)8;2*3-1-2(4)5/h1-5,8H,6,10H2,(H,11,12);3H,1-2,6H2,(H2,7,8)(H,9,10);2*1,3H2,(H,4,5). The van der Waals surface area contributed by atoms with E-state index in [1.165, 1.54) is 0 Å². The third kappa shape index (κ3) is 26.4. The first kappa shape index (κ1) is 33.1. The molecule has 0 fully saturated rings. The van der Waals surface area contributed by atoms with Gasteiger partial charge in [0.05, 0.1) is 13.1 Å². The topological polar surface area (TPSA) is 296 Å². The molecule has 182 valence electrons. The lowest BCUT2D eigenvalue weighted by Crippen LogP contribution is -2.32. The molecule has 14 N–H and O–H groups in total. The third-order valence-corrected chi connectivity index (χ3v) is 2.98. The van der Waals surface area contributed by atoms with Crippen LogP contribution in [0.15, 0.2) is 30.3 Å². The minimum atomic E-state index is -1.11. The van der Waals surface area contributed by atoms with Crippen LogP contribution in [0.25, 0.3) is 0 Å². The fraction of sp³-hybridized carbons (Fsp3) is 0.389. The smallest absolute Gasteiger partial charge is 0.320 e. The first-order valence-electron chi connectivity index (χ1n) is 8.91. The van der Waals surface area contributed by atoms with Gasteiger partial charge in [0.2, 0.25) is 5.91 Å². The van der Waals surface area contributed by atoms with Gasteiger partial charge in [-0.25, -0.2) is 0 Å². The van der Waals surface area contributed by atoms with Gasteiger partial charge in [0.1, 0.15) is 12.1 Å². The summed E-state index contributed by atoms with van der Waals surface area (Å²) in [6.07, 6.45) is 0.508. The van der Waals surface area contributed by atoms with E-state index < -0.39 is 41.9 Å². The van der Waals surface area contributed by atoms with Gasteiger partial charge in [0.25, 0.3) is 0 Å². The highest BCUT2D eigenvalue weighted by atomic mass is 16.4. The van der Waals surface area contributed by atoms with E-state index in [1.807, 2.05) is 30.3 Å². The molecular formula is C18H31N5O9. The monoisotopic (exact) mass is 461 g/mol. The fourth-order valence-electron chi connectivity index (χ4n) is 1.38. The summed E-state index contributed by atoms with van der Waals surface area (Å²) in [6, 6.07) is 7.56. The summed E-state index contributed by atoms with van der Waals surface area (Å²) in [6.45, 7) is -0.556. The van der Waals surface area contributed by atoms with E-state index in [4.69, 9.17) is 37.6 Å². The van der Waals surface area contributed by atoms with Gasteiger partial charge >= 0.3 is 23.9 Å². The van der Waals surface area contributed by atoms with E-state index in [2.05, 4.69) is 11.5 Å². The lowest BCUT2D eigenvalue weighted by molar-refractivity contribution is -0.139. The van der Waals surface area contributed by atoms with Crippen LogP contribution in [0.1, 0.15) is 18.4 Å². The van der Waals surface area contributed by atoms with Gasteiger partial charge in [-0.05, 0) is 18.4 Å². The van der Waals surface area contributed by atoms with Crippen molar-refractivity contribution in [2.24, 2.45) is 28.7 Å². The maximum Gasteiger partial charge on any atom is 0.320 e. The van der Waals surface area contributed by atoms with E-state index in [0.717, 1.165) is 5.56 Å². The van der Waals surface area contributed by atoms with E-state index in [1.54, 1.807) is 0 Å². The quantitative estimate of drug-likeness (QED) is 0.182. The molecule has 1 amide bonds. The zero-order chi connectivity index (χ0) is 25.7. The van der Waals surface area contributed by atoms with E-state index in [0.29, 0.717) is 6.42 Å². The second-order valence-electron chi connectivity index (χ2n) is 5.78. The van der Waals surface area contributed by atoms with Crippen LogP contribution in [0.5, 0.6) is 0 Å². The number of amides is 1. The number of carboxylic acid groups (broad SMARTS) is 4. The van der Waals surface area contributed by atoms with Crippen LogP contribution in [0, 0.1) is 0 Å². The summed E-state index contributed by atoms with van der Waals surface area (Å²) in [4.78, 5) is 49.0. The Kier molecular flexibility index (Phi) is 21.4. The third-order valence-electron chi connectivity index (χ3n) is 2.98. The van der Waals surface area contributed by atoms with Crippen LogP contribution in [0.2, 0.25) is 0 Å². The number of nitrogens with two attached hydrogens (primary N) is 5. The molecule has 2 atom stereocenters. The highest BCUT2D eigenvalue weighted by molar-refractivity contribution is 5.77. The average Bonchev–Trinajstić information content (AvgIpc) is 2.73. The highest BCUT2D eigenvalue weighted by Gasteiger charge is 2.11. The molecule has 0 aliphatic rings. The molecule has 0 spiro atoms. The Bertz CT molecular complexity index is 687. The molecular weight excluding hydrogens is 430 g/mol. The summed E-state index contributed by atoms with van der Waals surface area (Å²) in [5, 5.41) is 31.9. The molecule has 2 unspecified atom stereocenters. The summed E-state index contributed by atoms with van der Waals surface area (Å²) < 4.78 is 0. The molecule has 14 heteroatoms. The van der Waals surface area contributed by atoms with Gasteiger partial charge in [-0.2, -0.15) is 0 Å². The summed E-state index contributed by atoms with van der Waals surface area (Å²) >= 11 is 0. The first-order chi connectivity index (χ1) is 14.8. The summed E-state index contributed by atoms with van der Waals surface area (Å²) in [5.74, 6) is -4.54. The summed E-state index contributed by atoms with van der Waals surface area (Å²) in [5.41, 5.74) is 25.3. The average molecular weight is 461 g/mol. The number of carbonyl (C=O) groups is 5. The molecule has 1 rings (SSSR count). The Balaban J connectivity index is -0.000000379. The lowest BCUT2D eigenvalue weighted by Gasteiger charge is -2.04. The fourth-order valence-corrected chi connectivity index (χ4v) is 1.38. The highest BCUT2D eigenvalue weighted by Crippen LogP contribution is 2.01.